The number of halogens is 5. The highest BCUT2D eigenvalue weighted by Crippen LogP contribution is 2.40. The molecular formula is C19H12F5N3O. The SMILES string of the molecule is OC1NC=Cc2nc(Nc3c(F)cccc3C(F)(F)F)c3ccc(F)cc3c21. The van der Waals surface area contributed by atoms with E-state index in [2.05, 4.69) is 15.6 Å². The van der Waals surface area contributed by atoms with Gasteiger partial charge in [-0.1, -0.05) is 6.07 Å². The lowest BCUT2D eigenvalue weighted by atomic mass is 10.00. The fourth-order valence-electron chi connectivity index (χ4n) is 3.14. The Balaban J connectivity index is 1.96. The Morgan fingerprint density at radius 3 is 2.61 bits per heavy atom. The van der Waals surface area contributed by atoms with Crippen molar-refractivity contribution in [1.29, 1.82) is 0 Å². The Kier molecular flexibility index (Phi) is 4.19. The number of pyridine rings is 1. The summed E-state index contributed by atoms with van der Waals surface area (Å²) in [6.45, 7) is 0. The molecule has 1 aliphatic heterocycles. The molecule has 0 amide bonds. The van der Waals surface area contributed by atoms with Crippen molar-refractivity contribution in [2.24, 2.45) is 0 Å². The number of alkyl halides is 3. The largest absolute Gasteiger partial charge is 0.418 e. The van der Waals surface area contributed by atoms with Crippen molar-refractivity contribution >= 4 is 28.4 Å². The third-order valence-corrected chi connectivity index (χ3v) is 4.37. The number of aromatic nitrogens is 1. The maximum atomic E-state index is 14.2. The Morgan fingerprint density at radius 1 is 1.07 bits per heavy atom. The van der Waals surface area contributed by atoms with Gasteiger partial charge in [-0.15, -0.1) is 0 Å². The quantitative estimate of drug-likeness (QED) is 0.546. The van der Waals surface area contributed by atoms with Crippen molar-refractivity contribution in [3.63, 3.8) is 0 Å². The minimum absolute atomic E-state index is 0.0944. The van der Waals surface area contributed by atoms with E-state index in [0.717, 1.165) is 30.3 Å². The molecule has 1 aliphatic rings. The van der Waals surface area contributed by atoms with Crippen LogP contribution in [0.1, 0.15) is 23.0 Å². The van der Waals surface area contributed by atoms with Gasteiger partial charge in [0.1, 0.15) is 17.5 Å². The van der Waals surface area contributed by atoms with Gasteiger partial charge in [0.05, 0.1) is 16.9 Å². The summed E-state index contributed by atoms with van der Waals surface area (Å²) >= 11 is 0. The van der Waals surface area contributed by atoms with Crippen molar-refractivity contribution < 1.29 is 27.1 Å². The van der Waals surface area contributed by atoms with Gasteiger partial charge in [0.25, 0.3) is 0 Å². The van der Waals surface area contributed by atoms with Crippen LogP contribution in [0.5, 0.6) is 0 Å². The molecule has 144 valence electrons. The average molecular weight is 393 g/mol. The van der Waals surface area contributed by atoms with Crippen LogP contribution in [0.3, 0.4) is 0 Å². The van der Waals surface area contributed by atoms with E-state index < -0.39 is 35.3 Å². The Labute approximate surface area is 155 Å². The fourth-order valence-corrected chi connectivity index (χ4v) is 3.14. The van der Waals surface area contributed by atoms with E-state index in [0.29, 0.717) is 0 Å². The maximum absolute atomic E-state index is 14.2. The predicted molar refractivity (Wildman–Crippen MR) is 93.5 cm³/mol. The van der Waals surface area contributed by atoms with Crippen molar-refractivity contribution in [2.75, 3.05) is 5.32 Å². The molecule has 0 saturated heterocycles. The molecule has 9 heteroatoms. The summed E-state index contributed by atoms with van der Waals surface area (Å²) in [6, 6.07) is 6.15. The zero-order chi connectivity index (χ0) is 20.1. The summed E-state index contributed by atoms with van der Waals surface area (Å²) in [4.78, 5) is 4.23. The molecule has 4 rings (SSSR count). The molecule has 3 aromatic rings. The predicted octanol–water partition coefficient (Wildman–Crippen LogP) is 4.84. The smallest absolute Gasteiger partial charge is 0.369 e. The lowest BCUT2D eigenvalue weighted by Gasteiger charge is -2.23. The molecule has 2 aromatic carbocycles. The number of hydrogen-bond acceptors (Lipinski definition) is 4. The van der Waals surface area contributed by atoms with Gasteiger partial charge in [-0.25, -0.2) is 13.8 Å². The summed E-state index contributed by atoms with van der Waals surface area (Å²) in [5, 5.41) is 15.7. The van der Waals surface area contributed by atoms with Crippen molar-refractivity contribution in [2.45, 2.75) is 12.4 Å². The standard InChI is InChI=1S/C19H12F5N3O/c20-9-4-5-10-11(8-9)15-14(6-7-25-18(15)28)26-17(10)27-16-12(19(22,23)24)2-1-3-13(16)21/h1-8,18,25,28H,(H,26,27). The lowest BCUT2D eigenvalue weighted by Crippen LogP contribution is -2.20. The van der Waals surface area contributed by atoms with Crippen LogP contribution < -0.4 is 10.6 Å². The van der Waals surface area contributed by atoms with Crippen LogP contribution in [0.25, 0.3) is 16.8 Å². The molecule has 2 heterocycles. The second kappa shape index (κ2) is 6.45. The van der Waals surface area contributed by atoms with Crippen LogP contribution >= 0.6 is 0 Å². The minimum Gasteiger partial charge on any atom is -0.369 e. The summed E-state index contributed by atoms with van der Waals surface area (Å²) in [5.41, 5.74) is -1.49. The molecule has 0 aliphatic carbocycles. The van der Waals surface area contributed by atoms with E-state index in [1.54, 1.807) is 0 Å². The molecule has 0 spiro atoms. The van der Waals surface area contributed by atoms with E-state index in [1.165, 1.54) is 18.3 Å². The topological polar surface area (TPSA) is 57.2 Å². The molecule has 1 atom stereocenters. The van der Waals surface area contributed by atoms with Gasteiger partial charge < -0.3 is 15.7 Å². The summed E-state index contributed by atoms with van der Waals surface area (Å²) < 4.78 is 67.9. The van der Waals surface area contributed by atoms with Crippen molar-refractivity contribution in [3.05, 3.63) is 71.1 Å². The van der Waals surface area contributed by atoms with Gasteiger partial charge in [0.15, 0.2) is 6.23 Å². The number of rotatable bonds is 2. The van der Waals surface area contributed by atoms with Crippen LogP contribution in [0.2, 0.25) is 0 Å². The second-order valence-corrected chi connectivity index (χ2v) is 6.14. The highest BCUT2D eigenvalue weighted by Gasteiger charge is 2.35. The number of nitrogens with one attached hydrogen (secondary N) is 2. The average Bonchev–Trinajstić information content (AvgIpc) is 2.62. The summed E-state index contributed by atoms with van der Waals surface area (Å²) in [7, 11) is 0. The second-order valence-electron chi connectivity index (χ2n) is 6.14. The molecule has 0 radical (unpaired) electrons. The first kappa shape index (κ1) is 18.2. The molecule has 1 unspecified atom stereocenters. The van der Waals surface area contributed by atoms with Crippen LogP contribution in [0.4, 0.5) is 33.5 Å². The van der Waals surface area contributed by atoms with Gasteiger partial charge in [0, 0.05) is 17.1 Å². The molecule has 0 fully saturated rings. The van der Waals surface area contributed by atoms with Crippen molar-refractivity contribution in [1.82, 2.24) is 10.3 Å². The van der Waals surface area contributed by atoms with E-state index in [4.69, 9.17) is 0 Å². The van der Waals surface area contributed by atoms with Gasteiger partial charge in [-0.05, 0) is 41.8 Å². The highest BCUT2D eigenvalue weighted by molar-refractivity contribution is 5.97. The number of benzene rings is 2. The maximum Gasteiger partial charge on any atom is 0.418 e. The molecule has 1 aromatic heterocycles. The van der Waals surface area contributed by atoms with Crippen LogP contribution in [0.15, 0.2) is 42.6 Å². The van der Waals surface area contributed by atoms with Crippen LogP contribution in [0, 0.1) is 11.6 Å². The highest BCUT2D eigenvalue weighted by atomic mass is 19.4. The number of nitrogens with zero attached hydrogens (tertiary/aromatic N) is 1. The third-order valence-electron chi connectivity index (χ3n) is 4.37. The summed E-state index contributed by atoms with van der Waals surface area (Å²) in [5.74, 6) is -1.81. The van der Waals surface area contributed by atoms with Crippen LogP contribution in [-0.2, 0) is 6.18 Å². The van der Waals surface area contributed by atoms with E-state index in [-0.39, 0.29) is 27.8 Å². The lowest BCUT2D eigenvalue weighted by molar-refractivity contribution is -0.137. The van der Waals surface area contributed by atoms with Gasteiger partial charge in [-0.2, -0.15) is 13.2 Å². The van der Waals surface area contributed by atoms with Gasteiger partial charge in [0.2, 0.25) is 0 Å². The van der Waals surface area contributed by atoms with Gasteiger partial charge >= 0.3 is 6.18 Å². The Bertz CT molecular complexity index is 1110. The first-order valence-corrected chi connectivity index (χ1v) is 8.12. The van der Waals surface area contributed by atoms with Crippen LogP contribution in [-0.4, -0.2) is 10.1 Å². The zero-order valence-corrected chi connectivity index (χ0v) is 14.0. The van der Waals surface area contributed by atoms with E-state index >= 15 is 0 Å². The molecule has 0 saturated carbocycles. The first-order chi connectivity index (χ1) is 13.3. The molecule has 3 N–H and O–H groups in total. The number of fused-ring (bicyclic) bond motifs is 3. The van der Waals surface area contributed by atoms with E-state index in [1.807, 2.05) is 0 Å². The molecule has 28 heavy (non-hydrogen) atoms. The number of para-hydroxylation sites is 1. The van der Waals surface area contributed by atoms with Gasteiger partial charge in [-0.3, -0.25) is 0 Å². The monoisotopic (exact) mass is 393 g/mol. The fraction of sp³-hybridized carbons (Fsp3) is 0.105. The third kappa shape index (κ3) is 3.03. The Hall–Kier alpha value is -3.20. The number of anilines is 2. The Morgan fingerprint density at radius 2 is 1.86 bits per heavy atom. The molecule has 0 bridgehead atoms. The molecular weight excluding hydrogens is 381 g/mol. The summed E-state index contributed by atoms with van der Waals surface area (Å²) in [6.07, 6.45) is -3.09. The normalized spacial score (nSPS) is 16.0. The minimum atomic E-state index is -4.79. The first-order valence-electron chi connectivity index (χ1n) is 8.12. The number of aliphatic hydroxyl groups excluding tert-OH is 1. The van der Waals surface area contributed by atoms with E-state index in [9.17, 15) is 27.1 Å². The van der Waals surface area contributed by atoms with Crippen molar-refractivity contribution in [3.8, 4) is 0 Å². The number of hydrogen-bond donors (Lipinski definition) is 3. The zero-order valence-electron chi connectivity index (χ0n) is 14.0. The molecule has 4 nitrogen and oxygen atoms in total. The number of aliphatic hydroxyl groups is 1.